The number of likely N-dealkylation sites (N-methyl/N-ethyl adjacent to an activating group) is 1. The summed E-state index contributed by atoms with van der Waals surface area (Å²) in [6.07, 6.45) is 1.20. The molecule has 1 N–H and O–H groups in total. The molecule has 3 rings (SSSR count). The zero-order valence-electron chi connectivity index (χ0n) is 9.87. The van der Waals surface area contributed by atoms with Gasteiger partial charge in [0.2, 0.25) is 0 Å². The van der Waals surface area contributed by atoms with E-state index in [1.165, 1.54) is 24.3 Å². The van der Waals surface area contributed by atoms with E-state index in [0.717, 1.165) is 26.2 Å². The standard InChI is InChI=1S/C13H19N3/c1-15-8-5-11-12(15)3-2-4-13(11)16-9-6-14-7-10-16/h2-4,14H,5-10H2,1H3. The molecule has 2 aliphatic heterocycles. The molecule has 3 heteroatoms. The molecule has 0 saturated carbocycles. The Labute approximate surface area is 97.0 Å². The molecule has 3 nitrogen and oxygen atoms in total. The predicted octanol–water partition coefficient (Wildman–Crippen LogP) is 1.09. The summed E-state index contributed by atoms with van der Waals surface area (Å²) in [5, 5.41) is 3.41. The third kappa shape index (κ3) is 1.55. The Morgan fingerprint density at radius 3 is 2.62 bits per heavy atom. The van der Waals surface area contributed by atoms with Gasteiger partial charge in [0.25, 0.3) is 0 Å². The van der Waals surface area contributed by atoms with E-state index in [9.17, 15) is 0 Å². The van der Waals surface area contributed by atoms with Crippen LogP contribution in [0.5, 0.6) is 0 Å². The maximum absolute atomic E-state index is 3.41. The Morgan fingerprint density at radius 2 is 1.81 bits per heavy atom. The molecule has 1 saturated heterocycles. The van der Waals surface area contributed by atoms with Gasteiger partial charge in [-0.05, 0) is 18.6 Å². The largest absolute Gasteiger partial charge is 0.374 e. The first kappa shape index (κ1) is 9.97. The summed E-state index contributed by atoms with van der Waals surface area (Å²) in [7, 11) is 2.19. The lowest BCUT2D eigenvalue weighted by Gasteiger charge is -2.31. The van der Waals surface area contributed by atoms with Crippen LogP contribution in [0.15, 0.2) is 18.2 Å². The fourth-order valence-corrected chi connectivity index (χ4v) is 2.78. The monoisotopic (exact) mass is 217 g/mol. The summed E-state index contributed by atoms with van der Waals surface area (Å²) in [6.45, 7) is 5.66. The van der Waals surface area contributed by atoms with Crippen molar-refractivity contribution >= 4 is 11.4 Å². The van der Waals surface area contributed by atoms with Crippen molar-refractivity contribution in [2.75, 3.05) is 49.6 Å². The minimum atomic E-state index is 1.11. The molecule has 0 bridgehead atoms. The van der Waals surface area contributed by atoms with E-state index in [2.05, 4.69) is 40.4 Å². The predicted molar refractivity (Wildman–Crippen MR) is 68.5 cm³/mol. The molecule has 1 aromatic carbocycles. The van der Waals surface area contributed by atoms with Gasteiger partial charge in [-0.25, -0.2) is 0 Å². The molecule has 2 heterocycles. The zero-order valence-corrected chi connectivity index (χ0v) is 9.87. The van der Waals surface area contributed by atoms with E-state index < -0.39 is 0 Å². The first-order valence-electron chi connectivity index (χ1n) is 6.15. The van der Waals surface area contributed by atoms with Gasteiger partial charge in [0.1, 0.15) is 0 Å². The highest BCUT2D eigenvalue weighted by molar-refractivity contribution is 5.70. The van der Waals surface area contributed by atoms with Crippen LogP contribution in [0.25, 0.3) is 0 Å². The van der Waals surface area contributed by atoms with E-state index in [4.69, 9.17) is 0 Å². The van der Waals surface area contributed by atoms with Crippen LogP contribution >= 0.6 is 0 Å². The van der Waals surface area contributed by atoms with E-state index in [1.807, 2.05) is 0 Å². The topological polar surface area (TPSA) is 18.5 Å². The van der Waals surface area contributed by atoms with E-state index in [-0.39, 0.29) is 0 Å². The Bertz CT molecular complexity index is 383. The second kappa shape index (κ2) is 3.98. The average Bonchev–Trinajstić information content (AvgIpc) is 2.73. The molecule has 1 fully saturated rings. The van der Waals surface area contributed by atoms with Gasteiger partial charge in [-0.15, -0.1) is 0 Å². The molecular weight excluding hydrogens is 198 g/mol. The van der Waals surface area contributed by atoms with E-state index in [1.54, 1.807) is 5.56 Å². The second-order valence-corrected chi connectivity index (χ2v) is 4.68. The van der Waals surface area contributed by atoms with Gasteiger partial charge in [-0.2, -0.15) is 0 Å². The van der Waals surface area contributed by atoms with Crippen molar-refractivity contribution in [2.24, 2.45) is 0 Å². The minimum Gasteiger partial charge on any atom is -0.374 e. The summed E-state index contributed by atoms with van der Waals surface area (Å²) in [6, 6.07) is 6.72. The average molecular weight is 217 g/mol. The van der Waals surface area contributed by atoms with Crippen molar-refractivity contribution < 1.29 is 0 Å². The zero-order chi connectivity index (χ0) is 11.0. The third-order valence-corrected chi connectivity index (χ3v) is 3.69. The van der Waals surface area contributed by atoms with Crippen LogP contribution in [0.4, 0.5) is 11.4 Å². The highest BCUT2D eigenvalue weighted by Gasteiger charge is 2.22. The van der Waals surface area contributed by atoms with Crippen molar-refractivity contribution in [3.63, 3.8) is 0 Å². The lowest BCUT2D eigenvalue weighted by molar-refractivity contribution is 0.588. The van der Waals surface area contributed by atoms with Crippen LogP contribution in [0.3, 0.4) is 0 Å². The van der Waals surface area contributed by atoms with Crippen molar-refractivity contribution in [2.45, 2.75) is 6.42 Å². The molecule has 0 radical (unpaired) electrons. The number of fused-ring (bicyclic) bond motifs is 1. The number of nitrogens with one attached hydrogen (secondary N) is 1. The molecule has 0 unspecified atom stereocenters. The van der Waals surface area contributed by atoms with Crippen molar-refractivity contribution in [3.8, 4) is 0 Å². The summed E-state index contributed by atoms with van der Waals surface area (Å²) in [4.78, 5) is 4.88. The van der Waals surface area contributed by atoms with Crippen molar-refractivity contribution in [1.29, 1.82) is 0 Å². The third-order valence-electron chi connectivity index (χ3n) is 3.69. The normalized spacial score (nSPS) is 20.1. The van der Waals surface area contributed by atoms with Gasteiger partial charge in [0.15, 0.2) is 0 Å². The van der Waals surface area contributed by atoms with Crippen LogP contribution in [0.1, 0.15) is 5.56 Å². The molecule has 0 atom stereocenters. The quantitative estimate of drug-likeness (QED) is 0.759. The van der Waals surface area contributed by atoms with Crippen LogP contribution in [0.2, 0.25) is 0 Å². The SMILES string of the molecule is CN1CCc2c1cccc2N1CCNCC1. The molecule has 2 aliphatic rings. The molecule has 1 aromatic rings. The van der Waals surface area contributed by atoms with Gasteiger partial charge >= 0.3 is 0 Å². The van der Waals surface area contributed by atoms with E-state index in [0.29, 0.717) is 0 Å². The number of nitrogens with zero attached hydrogens (tertiary/aromatic N) is 2. The highest BCUT2D eigenvalue weighted by atomic mass is 15.2. The highest BCUT2D eigenvalue weighted by Crippen LogP contribution is 2.34. The van der Waals surface area contributed by atoms with Gasteiger partial charge < -0.3 is 15.1 Å². The second-order valence-electron chi connectivity index (χ2n) is 4.68. The lowest BCUT2D eigenvalue weighted by Crippen LogP contribution is -2.43. The number of benzene rings is 1. The summed E-state index contributed by atoms with van der Waals surface area (Å²) < 4.78 is 0. The molecule has 86 valence electrons. The Hall–Kier alpha value is -1.22. The molecule has 0 spiro atoms. The molecule has 0 amide bonds. The number of rotatable bonds is 1. The number of piperazine rings is 1. The number of hydrogen-bond donors (Lipinski definition) is 1. The summed E-state index contributed by atoms with van der Waals surface area (Å²) in [5.41, 5.74) is 4.44. The van der Waals surface area contributed by atoms with Crippen LogP contribution in [-0.4, -0.2) is 39.8 Å². The fourth-order valence-electron chi connectivity index (χ4n) is 2.78. The Morgan fingerprint density at radius 1 is 1.06 bits per heavy atom. The van der Waals surface area contributed by atoms with Gasteiger partial charge in [0.05, 0.1) is 0 Å². The van der Waals surface area contributed by atoms with Crippen LogP contribution in [-0.2, 0) is 6.42 Å². The molecule has 0 aromatic heterocycles. The van der Waals surface area contributed by atoms with Crippen LogP contribution < -0.4 is 15.1 Å². The van der Waals surface area contributed by atoms with Gasteiger partial charge in [-0.3, -0.25) is 0 Å². The number of anilines is 2. The Balaban J connectivity index is 1.95. The summed E-state index contributed by atoms with van der Waals surface area (Å²) >= 11 is 0. The first-order valence-corrected chi connectivity index (χ1v) is 6.15. The Kier molecular flexibility index (Phi) is 2.48. The maximum Gasteiger partial charge on any atom is 0.0421 e. The molecular formula is C13H19N3. The molecule has 16 heavy (non-hydrogen) atoms. The van der Waals surface area contributed by atoms with Crippen LogP contribution in [0, 0.1) is 0 Å². The first-order chi connectivity index (χ1) is 7.86. The van der Waals surface area contributed by atoms with Gasteiger partial charge in [0, 0.05) is 56.7 Å². The lowest BCUT2D eigenvalue weighted by atomic mass is 10.1. The van der Waals surface area contributed by atoms with Crippen molar-refractivity contribution in [1.82, 2.24) is 5.32 Å². The smallest absolute Gasteiger partial charge is 0.0421 e. The summed E-state index contributed by atoms with van der Waals surface area (Å²) in [5.74, 6) is 0. The van der Waals surface area contributed by atoms with Gasteiger partial charge in [-0.1, -0.05) is 6.07 Å². The number of hydrogen-bond acceptors (Lipinski definition) is 3. The van der Waals surface area contributed by atoms with Crippen molar-refractivity contribution in [3.05, 3.63) is 23.8 Å². The minimum absolute atomic E-state index is 1.11. The molecule has 0 aliphatic carbocycles. The maximum atomic E-state index is 3.41. The fraction of sp³-hybridized carbons (Fsp3) is 0.538. The van der Waals surface area contributed by atoms with E-state index >= 15 is 0 Å².